The molecule has 1 amide bonds. The van der Waals surface area contributed by atoms with Gasteiger partial charge >= 0.3 is 0 Å². The van der Waals surface area contributed by atoms with Crippen molar-refractivity contribution in [3.63, 3.8) is 0 Å². The average Bonchev–Trinajstić information content (AvgIpc) is 2.50. The van der Waals surface area contributed by atoms with Crippen LogP contribution in [0.15, 0.2) is 30.3 Å². The molecule has 0 fully saturated rings. The van der Waals surface area contributed by atoms with Gasteiger partial charge in [-0.3, -0.25) is 4.79 Å². The van der Waals surface area contributed by atoms with Crippen LogP contribution in [0, 0.1) is 0 Å². The van der Waals surface area contributed by atoms with Crippen LogP contribution in [0.2, 0.25) is 0 Å². The van der Waals surface area contributed by atoms with Crippen molar-refractivity contribution in [3.05, 3.63) is 35.9 Å². The lowest BCUT2D eigenvalue weighted by Gasteiger charge is -2.01. The lowest BCUT2D eigenvalue weighted by atomic mass is 10.0. The molecule has 3 heteroatoms. The van der Waals surface area contributed by atoms with Crippen molar-refractivity contribution < 1.29 is 4.79 Å². The van der Waals surface area contributed by atoms with E-state index in [9.17, 15) is 4.79 Å². The molecule has 1 aliphatic rings. The highest BCUT2D eigenvalue weighted by Crippen LogP contribution is 2.35. The molecular weight excluding hydrogens is 176 g/mol. The number of nitrogens with two attached hydrogens (primary N) is 1. The van der Waals surface area contributed by atoms with Gasteiger partial charge in [0.1, 0.15) is 0 Å². The van der Waals surface area contributed by atoms with E-state index in [1.165, 1.54) is 0 Å². The van der Waals surface area contributed by atoms with Gasteiger partial charge in [-0.2, -0.15) is 0 Å². The standard InChI is InChI=1S/C11H8N2O/c12-8-5-4-7-10-6(8)2-1-3-9(10)13-11(7)14/h1-5H,12H2,(H,13,14). The second kappa shape index (κ2) is 2.26. The highest BCUT2D eigenvalue weighted by Gasteiger charge is 2.21. The SMILES string of the molecule is Nc1ccc2c3c(cccc13)NC2=O. The molecule has 1 heterocycles. The number of hydrogen-bond acceptors (Lipinski definition) is 2. The van der Waals surface area contributed by atoms with Gasteiger partial charge in [-0.05, 0) is 18.2 Å². The van der Waals surface area contributed by atoms with Gasteiger partial charge in [-0.1, -0.05) is 12.1 Å². The van der Waals surface area contributed by atoms with E-state index in [0.29, 0.717) is 11.3 Å². The summed E-state index contributed by atoms with van der Waals surface area (Å²) in [7, 11) is 0. The Morgan fingerprint density at radius 3 is 2.86 bits per heavy atom. The lowest BCUT2D eigenvalue weighted by Crippen LogP contribution is -2.03. The minimum absolute atomic E-state index is 0.0452. The third-order valence-corrected chi connectivity index (χ3v) is 2.57. The highest BCUT2D eigenvalue weighted by molar-refractivity contribution is 6.25. The van der Waals surface area contributed by atoms with Crippen LogP contribution in [0.1, 0.15) is 10.4 Å². The maximum atomic E-state index is 11.5. The van der Waals surface area contributed by atoms with Gasteiger partial charge in [0.15, 0.2) is 0 Å². The monoisotopic (exact) mass is 184 g/mol. The molecular formula is C11H8N2O. The first kappa shape index (κ1) is 7.38. The fraction of sp³-hybridized carbons (Fsp3) is 0. The highest BCUT2D eigenvalue weighted by atomic mass is 16.1. The largest absolute Gasteiger partial charge is 0.398 e. The minimum atomic E-state index is -0.0452. The molecule has 0 unspecified atom stereocenters. The molecule has 0 saturated carbocycles. The Morgan fingerprint density at radius 1 is 1.14 bits per heavy atom. The second-order valence-electron chi connectivity index (χ2n) is 3.38. The van der Waals surface area contributed by atoms with E-state index in [1.807, 2.05) is 18.2 Å². The zero-order valence-electron chi connectivity index (χ0n) is 7.37. The normalized spacial score (nSPS) is 13.3. The molecule has 2 aromatic carbocycles. The Morgan fingerprint density at radius 2 is 2.00 bits per heavy atom. The summed E-state index contributed by atoms with van der Waals surface area (Å²) in [6.45, 7) is 0. The minimum Gasteiger partial charge on any atom is -0.398 e. The third kappa shape index (κ3) is 0.738. The smallest absolute Gasteiger partial charge is 0.256 e. The summed E-state index contributed by atoms with van der Waals surface area (Å²) < 4.78 is 0. The van der Waals surface area contributed by atoms with Gasteiger partial charge < -0.3 is 11.1 Å². The van der Waals surface area contributed by atoms with Crippen molar-refractivity contribution >= 4 is 28.1 Å². The predicted octanol–water partition coefficient (Wildman–Crippen LogP) is 1.99. The molecule has 2 aromatic rings. The maximum absolute atomic E-state index is 11.5. The van der Waals surface area contributed by atoms with Crippen molar-refractivity contribution in [2.24, 2.45) is 0 Å². The van der Waals surface area contributed by atoms with Crippen LogP contribution in [0.5, 0.6) is 0 Å². The van der Waals surface area contributed by atoms with Crippen molar-refractivity contribution in [1.29, 1.82) is 0 Å². The van der Waals surface area contributed by atoms with E-state index >= 15 is 0 Å². The first-order valence-corrected chi connectivity index (χ1v) is 4.40. The molecule has 1 aliphatic heterocycles. The van der Waals surface area contributed by atoms with Crippen LogP contribution in [0.4, 0.5) is 11.4 Å². The van der Waals surface area contributed by atoms with E-state index in [-0.39, 0.29) is 5.91 Å². The Labute approximate surface area is 80.5 Å². The van der Waals surface area contributed by atoms with Crippen LogP contribution < -0.4 is 11.1 Å². The summed E-state index contributed by atoms with van der Waals surface area (Å²) in [5.74, 6) is -0.0452. The Kier molecular flexibility index (Phi) is 1.19. The van der Waals surface area contributed by atoms with Crippen molar-refractivity contribution in [2.45, 2.75) is 0 Å². The van der Waals surface area contributed by atoms with E-state index in [2.05, 4.69) is 5.32 Å². The molecule has 0 atom stereocenters. The Balaban J connectivity index is 2.59. The fourth-order valence-electron chi connectivity index (χ4n) is 1.91. The van der Waals surface area contributed by atoms with Gasteiger partial charge in [-0.15, -0.1) is 0 Å². The number of anilines is 2. The van der Waals surface area contributed by atoms with E-state index in [4.69, 9.17) is 5.73 Å². The maximum Gasteiger partial charge on any atom is 0.256 e. The number of carbonyl (C=O) groups excluding carboxylic acids is 1. The summed E-state index contributed by atoms with van der Waals surface area (Å²) in [5.41, 5.74) is 8.11. The molecule has 0 saturated heterocycles. The summed E-state index contributed by atoms with van der Waals surface area (Å²) in [5, 5.41) is 4.69. The molecule has 3 N–H and O–H groups in total. The van der Waals surface area contributed by atoms with Gasteiger partial charge in [-0.25, -0.2) is 0 Å². The number of hydrogen-bond donors (Lipinski definition) is 2. The zero-order valence-corrected chi connectivity index (χ0v) is 7.37. The van der Waals surface area contributed by atoms with Crippen LogP contribution in [-0.2, 0) is 0 Å². The summed E-state index contributed by atoms with van der Waals surface area (Å²) in [6, 6.07) is 9.24. The third-order valence-electron chi connectivity index (χ3n) is 2.57. The van der Waals surface area contributed by atoms with E-state index < -0.39 is 0 Å². The zero-order chi connectivity index (χ0) is 9.71. The number of nitrogen functional groups attached to an aromatic ring is 1. The van der Waals surface area contributed by atoms with Gasteiger partial charge in [0.2, 0.25) is 0 Å². The Bertz CT molecular complexity index is 560. The van der Waals surface area contributed by atoms with Gasteiger partial charge in [0.05, 0.1) is 0 Å². The van der Waals surface area contributed by atoms with Gasteiger partial charge in [0.25, 0.3) is 5.91 Å². The van der Waals surface area contributed by atoms with Crippen LogP contribution >= 0.6 is 0 Å². The topological polar surface area (TPSA) is 55.1 Å². The summed E-state index contributed by atoms with van der Waals surface area (Å²) >= 11 is 0. The first-order valence-electron chi connectivity index (χ1n) is 4.40. The molecule has 0 spiro atoms. The second-order valence-corrected chi connectivity index (χ2v) is 3.38. The van der Waals surface area contributed by atoms with Crippen LogP contribution in [0.3, 0.4) is 0 Å². The molecule has 3 rings (SSSR count). The van der Waals surface area contributed by atoms with Gasteiger partial charge in [0, 0.05) is 27.7 Å². The summed E-state index contributed by atoms with van der Waals surface area (Å²) in [4.78, 5) is 11.5. The van der Waals surface area contributed by atoms with E-state index in [0.717, 1.165) is 16.5 Å². The van der Waals surface area contributed by atoms with Crippen LogP contribution in [-0.4, -0.2) is 5.91 Å². The summed E-state index contributed by atoms with van der Waals surface area (Å²) in [6.07, 6.45) is 0. The van der Waals surface area contributed by atoms with Crippen molar-refractivity contribution in [1.82, 2.24) is 0 Å². The molecule has 3 nitrogen and oxygen atoms in total. The number of rotatable bonds is 0. The molecule has 0 radical (unpaired) electrons. The van der Waals surface area contributed by atoms with Crippen LogP contribution in [0.25, 0.3) is 10.8 Å². The van der Waals surface area contributed by atoms with Crippen molar-refractivity contribution in [2.75, 3.05) is 11.1 Å². The predicted molar refractivity (Wildman–Crippen MR) is 56.3 cm³/mol. The number of nitrogens with one attached hydrogen (secondary N) is 1. The first-order chi connectivity index (χ1) is 6.77. The Hall–Kier alpha value is -2.03. The molecule has 0 aromatic heterocycles. The molecule has 14 heavy (non-hydrogen) atoms. The lowest BCUT2D eigenvalue weighted by molar-refractivity contribution is 0.103. The quantitative estimate of drug-likeness (QED) is 0.615. The number of benzene rings is 2. The van der Waals surface area contributed by atoms with E-state index in [1.54, 1.807) is 12.1 Å². The number of amides is 1. The van der Waals surface area contributed by atoms with Crippen molar-refractivity contribution in [3.8, 4) is 0 Å². The fourth-order valence-corrected chi connectivity index (χ4v) is 1.91. The number of carbonyl (C=O) groups is 1. The molecule has 68 valence electrons. The molecule has 0 aliphatic carbocycles. The molecule has 0 bridgehead atoms. The average molecular weight is 184 g/mol.